The van der Waals surface area contributed by atoms with Gasteiger partial charge in [-0.2, -0.15) is 0 Å². The summed E-state index contributed by atoms with van der Waals surface area (Å²) >= 11 is 0. The first kappa shape index (κ1) is 13.0. The van der Waals surface area contributed by atoms with Crippen molar-refractivity contribution in [2.45, 2.75) is 45.2 Å². The molecule has 6 nitrogen and oxygen atoms in total. The standard InChI is InChI=1S/C12H21N5O/c1-3-10(13)11-8-17(15-14-11)9(2)12(18)16-6-4-5-7-16/h8-10H,3-7,13H2,1-2H3. The van der Waals surface area contributed by atoms with E-state index in [1.54, 1.807) is 10.9 Å². The summed E-state index contributed by atoms with van der Waals surface area (Å²) in [6.45, 7) is 5.58. The number of amides is 1. The average molecular weight is 251 g/mol. The Labute approximate surface area is 107 Å². The highest BCUT2D eigenvalue weighted by molar-refractivity contribution is 5.80. The Bertz CT molecular complexity index is 410. The largest absolute Gasteiger partial charge is 0.341 e. The van der Waals surface area contributed by atoms with E-state index in [1.807, 2.05) is 18.7 Å². The molecule has 2 heterocycles. The van der Waals surface area contributed by atoms with E-state index >= 15 is 0 Å². The number of nitrogens with two attached hydrogens (primary N) is 1. The van der Waals surface area contributed by atoms with Gasteiger partial charge in [0.2, 0.25) is 5.91 Å². The maximum Gasteiger partial charge on any atom is 0.247 e. The molecular weight excluding hydrogens is 230 g/mol. The highest BCUT2D eigenvalue weighted by atomic mass is 16.2. The smallest absolute Gasteiger partial charge is 0.247 e. The Morgan fingerprint density at radius 3 is 2.78 bits per heavy atom. The third-order valence-electron chi connectivity index (χ3n) is 3.52. The second-order valence-corrected chi connectivity index (χ2v) is 4.85. The molecule has 0 spiro atoms. The zero-order valence-electron chi connectivity index (χ0n) is 11.0. The second kappa shape index (κ2) is 5.48. The minimum atomic E-state index is -0.298. The number of nitrogens with zero attached hydrogens (tertiary/aromatic N) is 4. The van der Waals surface area contributed by atoms with Gasteiger partial charge in [-0.25, -0.2) is 4.68 Å². The van der Waals surface area contributed by atoms with Crippen molar-refractivity contribution in [3.8, 4) is 0 Å². The first-order chi connectivity index (χ1) is 8.63. The van der Waals surface area contributed by atoms with E-state index in [2.05, 4.69) is 10.3 Å². The van der Waals surface area contributed by atoms with Crippen LogP contribution in [0.3, 0.4) is 0 Å². The van der Waals surface area contributed by atoms with E-state index in [0.29, 0.717) is 0 Å². The molecule has 2 unspecified atom stereocenters. The Balaban J connectivity index is 2.06. The first-order valence-electron chi connectivity index (χ1n) is 6.59. The molecule has 1 aliphatic heterocycles. The molecule has 1 fully saturated rings. The summed E-state index contributed by atoms with van der Waals surface area (Å²) in [7, 11) is 0. The summed E-state index contributed by atoms with van der Waals surface area (Å²) in [5.74, 6) is 0.119. The molecule has 1 aromatic rings. The van der Waals surface area contributed by atoms with Gasteiger partial charge in [0.15, 0.2) is 0 Å². The highest BCUT2D eigenvalue weighted by Crippen LogP contribution is 2.16. The van der Waals surface area contributed by atoms with Crippen LogP contribution in [0.4, 0.5) is 0 Å². The van der Waals surface area contributed by atoms with Crippen LogP contribution in [0.5, 0.6) is 0 Å². The van der Waals surface area contributed by atoms with E-state index < -0.39 is 0 Å². The van der Waals surface area contributed by atoms with Crippen molar-refractivity contribution in [1.29, 1.82) is 0 Å². The van der Waals surface area contributed by atoms with Crippen LogP contribution in [-0.4, -0.2) is 38.9 Å². The maximum absolute atomic E-state index is 12.2. The Kier molecular flexibility index (Phi) is 3.96. The average Bonchev–Trinajstić information content (AvgIpc) is 3.06. The monoisotopic (exact) mass is 251 g/mol. The van der Waals surface area contributed by atoms with Gasteiger partial charge >= 0.3 is 0 Å². The molecule has 100 valence electrons. The third-order valence-corrected chi connectivity index (χ3v) is 3.52. The van der Waals surface area contributed by atoms with Crippen LogP contribution < -0.4 is 5.73 Å². The molecule has 18 heavy (non-hydrogen) atoms. The van der Waals surface area contributed by atoms with Crippen LogP contribution in [0.2, 0.25) is 0 Å². The molecule has 0 radical (unpaired) electrons. The molecule has 1 amide bonds. The summed E-state index contributed by atoms with van der Waals surface area (Å²) in [5.41, 5.74) is 6.64. The van der Waals surface area contributed by atoms with E-state index in [1.165, 1.54) is 0 Å². The molecular formula is C12H21N5O. The van der Waals surface area contributed by atoms with Gasteiger partial charge in [-0.3, -0.25) is 4.79 Å². The lowest BCUT2D eigenvalue weighted by Crippen LogP contribution is -2.34. The normalized spacial score (nSPS) is 18.9. The fourth-order valence-electron chi connectivity index (χ4n) is 2.17. The predicted molar refractivity (Wildman–Crippen MR) is 67.8 cm³/mol. The first-order valence-corrected chi connectivity index (χ1v) is 6.59. The Morgan fingerprint density at radius 2 is 2.17 bits per heavy atom. The summed E-state index contributed by atoms with van der Waals surface area (Å²) in [6, 6.07) is -0.402. The van der Waals surface area contributed by atoms with Crippen molar-refractivity contribution >= 4 is 5.91 Å². The number of carbonyl (C=O) groups excluding carboxylic acids is 1. The Morgan fingerprint density at radius 1 is 1.50 bits per heavy atom. The summed E-state index contributed by atoms with van der Waals surface area (Å²) in [4.78, 5) is 14.1. The van der Waals surface area contributed by atoms with Crippen LogP contribution in [0.15, 0.2) is 6.20 Å². The summed E-state index contributed by atoms with van der Waals surface area (Å²) in [6.07, 6.45) is 4.80. The van der Waals surface area contributed by atoms with Crippen molar-refractivity contribution in [2.75, 3.05) is 13.1 Å². The minimum Gasteiger partial charge on any atom is -0.341 e. The van der Waals surface area contributed by atoms with E-state index in [9.17, 15) is 4.79 Å². The van der Waals surface area contributed by atoms with Crippen molar-refractivity contribution < 1.29 is 4.79 Å². The molecule has 0 aromatic carbocycles. The number of hydrogen-bond donors (Lipinski definition) is 1. The lowest BCUT2D eigenvalue weighted by Gasteiger charge is -2.19. The zero-order chi connectivity index (χ0) is 13.1. The van der Waals surface area contributed by atoms with E-state index in [-0.39, 0.29) is 18.0 Å². The number of carbonyl (C=O) groups is 1. The third kappa shape index (κ3) is 2.53. The van der Waals surface area contributed by atoms with Crippen molar-refractivity contribution in [3.05, 3.63) is 11.9 Å². The van der Waals surface area contributed by atoms with E-state index in [0.717, 1.165) is 38.0 Å². The highest BCUT2D eigenvalue weighted by Gasteiger charge is 2.25. The molecule has 1 saturated heterocycles. The van der Waals surface area contributed by atoms with Crippen LogP contribution in [0.25, 0.3) is 0 Å². The van der Waals surface area contributed by atoms with Gasteiger partial charge in [0.25, 0.3) is 0 Å². The minimum absolute atomic E-state index is 0.104. The van der Waals surface area contributed by atoms with Crippen molar-refractivity contribution in [1.82, 2.24) is 19.9 Å². The van der Waals surface area contributed by atoms with Crippen molar-refractivity contribution in [3.63, 3.8) is 0 Å². The lowest BCUT2D eigenvalue weighted by molar-refractivity contribution is -0.133. The van der Waals surface area contributed by atoms with Gasteiger partial charge < -0.3 is 10.6 Å². The van der Waals surface area contributed by atoms with Gasteiger partial charge in [0, 0.05) is 13.1 Å². The second-order valence-electron chi connectivity index (χ2n) is 4.85. The van der Waals surface area contributed by atoms with Crippen LogP contribution in [-0.2, 0) is 4.79 Å². The molecule has 0 saturated carbocycles. The number of rotatable bonds is 4. The topological polar surface area (TPSA) is 77.0 Å². The number of hydrogen-bond acceptors (Lipinski definition) is 4. The number of aromatic nitrogens is 3. The molecule has 2 N–H and O–H groups in total. The molecule has 2 rings (SSSR count). The predicted octanol–water partition coefficient (Wildman–Crippen LogP) is 0.871. The zero-order valence-corrected chi connectivity index (χ0v) is 11.0. The SMILES string of the molecule is CCC(N)c1cn(C(C)C(=O)N2CCCC2)nn1. The van der Waals surface area contributed by atoms with Gasteiger partial charge in [0.1, 0.15) is 6.04 Å². The van der Waals surface area contributed by atoms with Crippen LogP contribution in [0, 0.1) is 0 Å². The molecule has 1 aromatic heterocycles. The lowest BCUT2D eigenvalue weighted by atomic mass is 10.2. The van der Waals surface area contributed by atoms with Gasteiger partial charge in [-0.05, 0) is 26.2 Å². The van der Waals surface area contributed by atoms with Gasteiger partial charge in [-0.1, -0.05) is 12.1 Å². The fourth-order valence-corrected chi connectivity index (χ4v) is 2.17. The summed E-state index contributed by atoms with van der Waals surface area (Å²) in [5, 5.41) is 8.05. The number of likely N-dealkylation sites (tertiary alicyclic amines) is 1. The Hall–Kier alpha value is -1.43. The van der Waals surface area contributed by atoms with Crippen LogP contribution in [0.1, 0.15) is 50.9 Å². The summed E-state index contributed by atoms with van der Waals surface area (Å²) < 4.78 is 1.62. The quantitative estimate of drug-likeness (QED) is 0.861. The van der Waals surface area contributed by atoms with Gasteiger partial charge in [-0.15, -0.1) is 5.10 Å². The van der Waals surface area contributed by atoms with Crippen molar-refractivity contribution in [2.24, 2.45) is 5.73 Å². The molecule has 2 atom stereocenters. The molecule has 0 bridgehead atoms. The molecule has 6 heteroatoms. The van der Waals surface area contributed by atoms with E-state index in [4.69, 9.17) is 5.73 Å². The molecule has 1 aliphatic rings. The maximum atomic E-state index is 12.2. The molecule has 0 aliphatic carbocycles. The fraction of sp³-hybridized carbons (Fsp3) is 0.750. The van der Waals surface area contributed by atoms with Crippen LogP contribution >= 0.6 is 0 Å². The van der Waals surface area contributed by atoms with Gasteiger partial charge in [0.05, 0.1) is 17.9 Å².